The SMILES string of the molecule is CC(=NNC(=O)c1ccc(O)cc1)c1ccc(OC(F)F)cc1. The Hall–Kier alpha value is -2.96. The minimum atomic E-state index is -2.87. The molecule has 120 valence electrons. The normalized spacial score (nSPS) is 11.4. The van der Waals surface area contributed by atoms with E-state index < -0.39 is 12.5 Å². The standard InChI is InChI=1S/C16H14F2N2O3/c1-10(11-4-8-14(9-5-11)23-16(17)18)19-20-15(22)12-2-6-13(21)7-3-12/h2-9,16,21H,1H3,(H,20,22). The number of ether oxygens (including phenoxy) is 1. The topological polar surface area (TPSA) is 70.9 Å². The largest absolute Gasteiger partial charge is 0.508 e. The monoisotopic (exact) mass is 320 g/mol. The number of hydrogen-bond donors (Lipinski definition) is 2. The first-order valence-electron chi connectivity index (χ1n) is 6.64. The third-order valence-electron chi connectivity index (χ3n) is 2.95. The number of nitrogens with one attached hydrogen (secondary N) is 1. The Morgan fingerprint density at radius 1 is 1.09 bits per heavy atom. The number of alkyl halides is 2. The Balaban J connectivity index is 2.01. The molecule has 5 nitrogen and oxygen atoms in total. The maximum atomic E-state index is 12.1. The van der Waals surface area contributed by atoms with E-state index in [0.717, 1.165) is 0 Å². The van der Waals surface area contributed by atoms with Crippen LogP contribution < -0.4 is 10.2 Å². The molecule has 0 radical (unpaired) electrons. The molecule has 0 heterocycles. The van der Waals surface area contributed by atoms with Gasteiger partial charge in [0.25, 0.3) is 5.91 Å². The smallest absolute Gasteiger partial charge is 0.387 e. The molecule has 2 aromatic carbocycles. The summed E-state index contributed by atoms with van der Waals surface area (Å²) >= 11 is 0. The molecule has 0 bridgehead atoms. The maximum Gasteiger partial charge on any atom is 0.387 e. The summed E-state index contributed by atoms with van der Waals surface area (Å²) in [6.45, 7) is -1.21. The van der Waals surface area contributed by atoms with Crippen LogP contribution >= 0.6 is 0 Å². The second-order valence-corrected chi connectivity index (χ2v) is 4.59. The van der Waals surface area contributed by atoms with Crippen molar-refractivity contribution in [1.82, 2.24) is 5.43 Å². The number of phenolic OH excluding ortho intramolecular Hbond substituents is 1. The number of phenols is 1. The van der Waals surface area contributed by atoms with Gasteiger partial charge in [0.15, 0.2) is 0 Å². The van der Waals surface area contributed by atoms with Gasteiger partial charge in [-0.1, -0.05) is 0 Å². The second-order valence-electron chi connectivity index (χ2n) is 4.59. The molecule has 2 N–H and O–H groups in total. The lowest BCUT2D eigenvalue weighted by molar-refractivity contribution is -0.0498. The van der Waals surface area contributed by atoms with E-state index in [2.05, 4.69) is 15.3 Å². The lowest BCUT2D eigenvalue weighted by Gasteiger charge is -2.06. The minimum absolute atomic E-state index is 0.0460. The molecular formula is C16H14F2N2O3. The van der Waals surface area contributed by atoms with Crippen LogP contribution in [0.4, 0.5) is 8.78 Å². The third-order valence-corrected chi connectivity index (χ3v) is 2.95. The average molecular weight is 320 g/mol. The second kappa shape index (κ2) is 7.35. The lowest BCUT2D eigenvalue weighted by Crippen LogP contribution is -2.19. The molecule has 2 aromatic rings. The highest BCUT2D eigenvalue weighted by Crippen LogP contribution is 2.15. The van der Waals surface area contributed by atoms with Gasteiger partial charge in [-0.25, -0.2) is 5.43 Å². The number of carbonyl (C=O) groups excluding carboxylic acids is 1. The van der Waals surface area contributed by atoms with Gasteiger partial charge in [-0.3, -0.25) is 4.79 Å². The molecular weight excluding hydrogens is 306 g/mol. The van der Waals surface area contributed by atoms with Crippen molar-refractivity contribution in [1.29, 1.82) is 0 Å². The first kappa shape index (κ1) is 16.4. The molecule has 0 saturated carbocycles. The average Bonchev–Trinajstić information content (AvgIpc) is 2.53. The Labute approximate surface area is 131 Å². The number of rotatable bonds is 5. The Kier molecular flexibility index (Phi) is 5.24. The van der Waals surface area contributed by atoms with Crippen molar-refractivity contribution >= 4 is 11.6 Å². The number of amides is 1. The van der Waals surface area contributed by atoms with Crippen LogP contribution in [0, 0.1) is 0 Å². The van der Waals surface area contributed by atoms with E-state index in [1.165, 1.54) is 36.4 Å². The molecule has 0 aliphatic rings. The molecule has 0 aliphatic heterocycles. The van der Waals surface area contributed by atoms with Gasteiger partial charge in [0.1, 0.15) is 11.5 Å². The number of hydrogen-bond acceptors (Lipinski definition) is 4. The van der Waals surface area contributed by atoms with Gasteiger partial charge in [0.2, 0.25) is 0 Å². The first-order chi connectivity index (χ1) is 11.0. The van der Waals surface area contributed by atoms with Gasteiger partial charge < -0.3 is 9.84 Å². The molecule has 1 amide bonds. The van der Waals surface area contributed by atoms with Crippen LogP contribution in [0.25, 0.3) is 0 Å². The summed E-state index contributed by atoms with van der Waals surface area (Å²) in [4.78, 5) is 11.9. The van der Waals surface area contributed by atoms with E-state index in [1.54, 1.807) is 19.1 Å². The molecule has 23 heavy (non-hydrogen) atoms. The van der Waals surface area contributed by atoms with Gasteiger partial charge in [0, 0.05) is 5.56 Å². The number of nitrogens with zero attached hydrogens (tertiary/aromatic N) is 1. The Bertz CT molecular complexity index is 698. The lowest BCUT2D eigenvalue weighted by atomic mass is 10.1. The van der Waals surface area contributed by atoms with E-state index in [4.69, 9.17) is 5.11 Å². The number of carbonyl (C=O) groups is 1. The Morgan fingerprint density at radius 2 is 1.65 bits per heavy atom. The summed E-state index contributed by atoms with van der Waals surface area (Å²) < 4.78 is 28.4. The van der Waals surface area contributed by atoms with Gasteiger partial charge in [-0.15, -0.1) is 0 Å². The van der Waals surface area contributed by atoms with Crippen LogP contribution in [-0.4, -0.2) is 23.3 Å². The number of benzene rings is 2. The summed E-state index contributed by atoms with van der Waals surface area (Å²) in [6.07, 6.45) is 0. The van der Waals surface area contributed by atoms with E-state index in [9.17, 15) is 13.6 Å². The van der Waals surface area contributed by atoms with Crippen LogP contribution in [0.5, 0.6) is 11.5 Å². The molecule has 7 heteroatoms. The first-order valence-corrected chi connectivity index (χ1v) is 6.64. The zero-order valence-corrected chi connectivity index (χ0v) is 12.2. The predicted octanol–water partition coefficient (Wildman–Crippen LogP) is 3.15. The number of aromatic hydroxyl groups is 1. The number of hydrazone groups is 1. The van der Waals surface area contributed by atoms with Crippen LogP contribution in [-0.2, 0) is 0 Å². The zero-order chi connectivity index (χ0) is 16.8. The summed E-state index contributed by atoms with van der Waals surface area (Å²) in [5.41, 5.74) is 3.88. The van der Waals surface area contributed by atoms with Crippen molar-refractivity contribution in [3.8, 4) is 11.5 Å². The van der Waals surface area contributed by atoms with Crippen LogP contribution in [0.1, 0.15) is 22.8 Å². The maximum absolute atomic E-state index is 12.1. The van der Waals surface area contributed by atoms with Crippen molar-refractivity contribution in [2.24, 2.45) is 5.10 Å². The van der Waals surface area contributed by atoms with E-state index in [-0.39, 0.29) is 11.5 Å². The predicted molar refractivity (Wildman–Crippen MR) is 80.9 cm³/mol. The molecule has 0 spiro atoms. The van der Waals surface area contributed by atoms with E-state index in [0.29, 0.717) is 16.8 Å². The molecule has 2 rings (SSSR count). The summed E-state index contributed by atoms with van der Waals surface area (Å²) in [5, 5.41) is 13.1. The molecule has 0 atom stereocenters. The van der Waals surface area contributed by atoms with E-state index >= 15 is 0 Å². The van der Waals surface area contributed by atoms with Crippen molar-refractivity contribution in [3.63, 3.8) is 0 Å². The molecule has 0 aliphatic carbocycles. The van der Waals surface area contributed by atoms with Crippen LogP contribution in [0.3, 0.4) is 0 Å². The van der Waals surface area contributed by atoms with Crippen molar-refractivity contribution in [2.75, 3.05) is 0 Å². The van der Waals surface area contributed by atoms with Gasteiger partial charge in [0.05, 0.1) is 5.71 Å². The van der Waals surface area contributed by atoms with E-state index in [1.807, 2.05) is 0 Å². The fourth-order valence-electron chi connectivity index (χ4n) is 1.75. The minimum Gasteiger partial charge on any atom is -0.508 e. The number of halogens is 2. The fourth-order valence-corrected chi connectivity index (χ4v) is 1.75. The third kappa shape index (κ3) is 4.77. The van der Waals surface area contributed by atoms with Gasteiger partial charge in [-0.05, 0) is 61.0 Å². The fraction of sp³-hybridized carbons (Fsp3) is 0.125. The summed E-state index contributed by atoms with van der Waals surface area (Å²) in [6, 6.07) is 11.6. The highest BCUT2D eigenvalue weighted by molar-refractivity contribution is 6.00. The van der Waals surface area contributed by atoms with Crippen LogP contribution in [0.2, 0.25) is 0 Å². The highest BCUT2D eigenvalue weighted by Gasteiger charge is 2.06. The van der Waals surface area contributed by atoms with Crippen molar-refractivity contribution in [2.45, 2.75) is 13.5 Å². The van der Waals surface area contributed by atoms with Crippen molar-refractivity contribution < 1.29 is 23.4 Å². The van der Waals surface area contributed by atoms with Gasteiger partial charge in [-0.2, -0.15) is 13.9 Å². The summed E-state index contributed by atoms with van der Waals surface area (Å²) in [5.74, 6) is -0.320. The summed E-state index contributed by atoms with van der Waals surface area (Å²) in [7, 11) is 0. The van der Waals surface area contributed by atoms with Crippen molar-refractivity contribution in [3.05, 3.63) is 59.7 Å². The quantitative estimate of drug-likeness (QED) is 0.657. The zero-order valence-electron chi connectivity index (χ0n) is 12.2. The Morgan fingerprint density at radius 3 is 2.22 bits per heavy atom. The molecule has 0 unspecified atom stereocenters. The van der Waals surface area contributed by atoms with Gasteiger partial charge >= 0.3 is 6.61 Å². The van der Waals surface area contributed by atoms with Crippen LogP contribution in [0.15, 0.2) is 53.6 Å². The molecule has 0 aromatic heterocycles. The highest BCUT2D eigenvalue weighted by atomic mass is 19.3. The molecule has 0 saturated heterocycles. The molecule has 0 fully saturated rings.